The van der Waals surface area contributed by atoms with Crippen molar-refractivity contribution < 1.29 is 31.2 Å². The zero-order valence-corrected chi connectivity index (χ0v) is 34.7. The average Bonchev–Trinajstić information content (AvgIpc) is 3.94. The van der Waals surface area contributed by atoms with Gasteiger partial charge in [-0.25, -0.2) is 27.8 Å². The Labute approximate surface area is 357 Å². The summed E-state index contributed by atoms with van der Waals surface area (Å²) in [6.07, 6.45) is 9.84. The molecule has 324 valence electrons. The molecular formula is C43H46F3N11O4S. The number of nitrogens with zero attached hydrogens (tertiary/aromatic N) is 9. The number of imide groups is 1. The van der Waals surface area contributed by atoms with E-state index in [-0.39, 0.29) is 48.4 Å². The van der Waals surface area contributed by atoms with Gasteiger partial charge in [0.1, 0.15) is 23.5 Å². The molecule has 0 saturated carbocycles. The second-order valence-electron chi connectivity index (χ2n) is 16.3. The maximum atomic E-state index is 16.2. The van der Waals surface area contributed by atoms with Crippen molar-refractivity contribution in [1.82, 2.24) is 39.3 Å². The van der Waals surface area contributed by atoms with Crippen molar-refractivity contribution in [3.63, 3.8) is 0 Å². The van der Waals surface area contributed by atoms with Crippen LogP contribution in [-0.4, -0.2) is 119 Å². The number of nitrogens with one attached hydrogen (secondary N) is 2. The number of hydrogen-bond donors (Lipinski definition) is 2. The van der Waals surface area contributed by atoms with E-state index in [0.717, 1.165) is 92.2 Å². The Hall–Kier alpha value is -5.92. The van der Waals surface area contributed by atoms with Crippen LogP contribution in [0.3, 0.4) is 0 Å². The van der Waals surface area contributed by atoms with Crippen LogP contribution < -0.4 is 19.8 Å². The monoisotopic (exact) mass is 869 g/mol. The quantitative estimate of drug-likeness (QED) is 0.173. The summed E-state index contributed by atoms with van der Waals surface area (Å²) < 4.78 is 75.6. The number of piperidine rings is 2. The molecule has 19 heteroatoms. The maximum absolute atomic E-state index is 16.2. The third kappa shape index (κ3) is 8.87. The van der Waals surface area contributed by atoms with Crippen molar-refractivity contribution in [2.45, 2.75) is 44.2 Å². The minimum atomic E-state index is -4.35. The molecule has 0 aliphatic carbocycles. The number of anilines is 3. The summed E-state index contributed by atoms with van der Waals surface area (Å²) in [5.41, 5.74) is 2.03. The summed E-state index contributed by atoms with van der Waals surface area (Å²) in [5, 5.41) is 7.15. The van der Waals surface area contributed by atoms with E-state index in [1.165, 1.54) is 10.9 Å². The van der Waals surface area contributed by atoms with Crippen LogP contribution in [0.1, 0.15) is 43.6 Å². The molecule has 1 unspecified atom stereocenters. The highest BCUT2D eigenvalue weighted by molar-refractivity contribution is 7.90. The molecule has 62 heavy (non-hydrogen) atoms. The SMILES string of the molecule is O=C1CCC(c2ccc(N3CCC(CN4CCN(c5ccc(-n6cc(-c7cc(F)cc(NS(=O)(=O)N8CC[C@@H](F)C8)c7F)c(-c7ccncc7)n6)nc5)CC4)CC3)nc2)C(=O)N1. The number of hydrogen-bond acceptors (Lipinski definition) is 11. The summed E-state index contributed by atoms with van der Waals surface area (Å²) >= 11 is 0. The lowest BCUT2D eigenvalue weighted by molar-refractivity contribution is -0.134. The molecule has 4 aliphatic heterocycles. The number of piperazine rings is 1. The zero-order chi connectivity index (χ0) is 43.0. The van der Waals surface area contributed by atoms with E-state index >= 15 is 8.78 Å². The molecule has 5 aromatic rings. The van der Waals surface area contributed by atoms with Gasteiger partial charge in [-0.15, -0.1) is 0 Å². The largest absolute Gasteiger partial charge is 0.368 e. The van der Waals surface area contributed by atoms with Crippen LogP contribution in [0.15, 0.2) is 79.5 Å². The fraction of sp³-hybridized carbons (Fsp3) is 0.395. The molecule has 9 rings (SSSR count). The average molecular weight is 870 g/mol. The van der Waals surface area contributed by atoms with Crippen LogP contribution in [0.4, 0.5) is 30.4 Å². The van der Waals surface area contributed by atoms with E-state index < -0.39 is 33.7 Å². The number of amides is 2. The van der Waals surface area contributed by atoms with Gasteiger partial charge in [-0.05, 0) is 73.6 Å². The highest BCUT2D eigenvalue weighted by Gasteiger charge is 2.33. The number of alkyl halides is 1. The topological polar surface area (TPSA) is 162 Å². The number of carbonyl (C=O) groups excluding carboxylic acids is 2. The minimum absolute atomic E-state index is 0.0223. The molecule has 8 heterocycles. The highest BCUT2D eigenvalue weighted by Crippen LogP contribution is 2.37. The zero-order valence-electron chi connectivity index (χ0n) is 33.8. The Balaban J connectivity index is 0.825. The number of benzene rings is 1. The van der Waals surface area contributed by atoms with Gasteiger partial charge < -0.3 is 9.80 Å². The number of carbonyl (C=O) groups is 2. The number of aromatic nitrogens is 5. The second kappa shape index (κ2) is 17.5. The number of pyridine rings is 3. The van der Waals surface area contributed by atoms with Gasteiger partial charge in [-0.3, -0.25) is 29.5 Å². The molecule has 4 aliphatic rings. The van der Waals surface area contributed by atoms with Gasteiger partial charge in [0.05, 0.1) is 23.5 Å². The summed E-state index contributed by atoms with van der Waals surface area (Å²) in [5.74, 6) is -0.784. The summed E-state index contributed by atoms with van der Waals surface area (Å²) in [4.78, 5) is 44.4. The Morgan fingerprint density at radius 1 is 0.806 bits per heavy atom. The third-order valence-electron chi connectivity index (χ3n) is 12.2. The molecule has 4 saturated heterocycles. The Morgan fingerprint density at radius 2 is 1.56 bits per heavy atom. The number of halogens is 3. The second-order valence-corrected chi connectivity index (χ2v) is 18.0. The first-order valence-corrected chi connectivity index (χ1v) is 22.3. The van der Waals surface area contributed by atoms with E-state index in [9.17, 15) is 22.4 Å². The van der Waals surface area contributed by atoms with Crippen LogP contribution in [-0.2, 0) is 19.8 Å². The standard InChI is InChI=1S/C43H46F3N11O4S/c44-31-11-16-56(26-31)62(60,61)52-37-22-32(45)21-35(41(37)46)36-27-57(51-42(36)29-7-12-47-13-8-29)39-5-2-33(24-49-39)54-19-17-53(18-20-54)25-28-9-14-55(15-10-28)38-4-1-30(23-48-38)34-3-6-40(58)50-43(34)59/h1-2,4-5,7-8,12-13,21-24,27-28,31,34,52H,3,6,9-11,14-20,25-26H2,(H,50,58,59)/t31-,34?/m1/s1. The van der Waals surface area contributed by atoms with E-state index in [0.29, 0.717) is 35.8 Å². The molecular weight excluding hydrogens is 824 g/mol. The first-order valence-electron chi connectivity index (χ1n) is 20.9. The summed E-state index contributed by atoms with van der Waals surface area (Å²) in [6, 6.07) is 12.8. The Morgan fingerprint density at radius 3 is 2.24 bits per heavy atom. The van der Waals surface area contributed by atoms with Gasteiger partial charge in [0.25, 0.3) is 0 Å². The van der Waals surface area contributed by atoms with Gasteiger partial charge in [0, 0.05) is 113 Å². The molecule has 0 radical (unpaired) electrons. The van der Waals surface area contributed by atoms with E-state index in [2.05, 4.69) is 34.7 Å². The summed E-state index contributed by atoms with van der Waals surface area (Å²) in [6.45, 7) is 5.90. The van der Waals surface area contributed by atoms with Crippen molar-refractivity contribution in [2.24, 2.45) is 5.92 Å². The molecule has 15 nitrogen and oxygen atoms in total. The molecule has 1 aromatic carbocycles. The van der Waals surface area contributed by atoms with Gasteiger partial charge in [-0.2, -0.15) is 17.8 Å². The van der Waals surface area contributed by atoms with Gasteiger partial charge in [0.2, 0.25) is 11.8 Å². The lowest BCUT2D eigenvalue weighted by atomic mass is 9.91. The van der Waals surface area contributed by atoms with Gasteiger partial charge in [-0.1, -0.05) is 6.07 Å². The fourth-order valence-corrected chi connectivity index (χ4v) is 10.0. The minimum Gasteiger partial charge on any atom is -0.368 e. The first kappa shape index (κ1) is 41.4. The van der Waals surface area contributed by atoms with Crippen LogP contribution in [0.2, 0.25) is 0 Å². The molecule has 4 fully saturated rings. The van der Waals surface area contributed by atoms with Crippen molar-refractivity contribution in [1.29, 1.82) is 0 Å². The molecule has 2 N–H and O–H groups in total. The third-order valence-corrected chi connectivity index (χ3v) is 13.7. The van der Waals surface area contributed by atoms with E-state index in [1.54, 1.807) is 36.9 Å². The van der Waals surface area contributed by atoms with Crippen LogP contribution in [0.5, 0.6) is 0 Å². The molecule has 0 bridgehead atoms. The van der Waals surface area contributed by atoms with E-state index in [4.69, 9.17) is 10.1 Å². The predicted molar refractivity (Wildman–Crippen MR) is 227 cm³/mol. The highest BCUT2D eigenvalue weighted by atomic mass is 32.2. The molecule has 0 spiro atoms. The van der Waals surface area contributed by atoms with Crippen LogP contribution >= 0.6 is 0 Å². The van der Waals surface area contributed by atoms with E-state index in [1.807, 2.05) is 24.3 Å². The normalized spacial score (nSPS) is 20.8. The smallest absolute Gasteiger partial charge is 0.301 e. The number of rotatable bonds is 11. The molecule has 2 amide bonds. The fourth-order valence-electron chi connectivity index (χ4n) is 8.78. The molecule has 2 atom stereocenters. The predicted octanol–water partition coefficient (Wildman–Crippen LogP) is 4.93. The lowest BCUT2D eigenvalue weighted by Gasteiger charge is -2.39. The maximum Gasteiger partial charge on any atom is 0.301 e. The van der Waals surface area contributed by atoms with Crippen LogP contribution in [0.25, 0.3) is 28.2 Å². The molecule has 4 aromatic heterocycles. The lowest BCUT2D eigenvalue weighted by Crippen LogP contribution is -2.49. The van der Waals surface area contributed by atoms with Gasteiger partial charge >= 0.3 is 10.2 Å². The van der Waals surface area contributed by atoms with Crippen molar-refractivity contribution in [3.8, 4) is 28.2 Å². The van der Waals surface area contributed by atoms with Crippen molar-refractivity contribution in [3.05, 3.63) is 96.7 Å². The Bertz CT molecular complexity index is 2530. The van der Waals surface area contributed by atoms with Crippen molar-refractivity contribution >= 4 is 39.2 Å². The summed E-state index contributed by atoms with van der Waals surface area (Å²) in [7, 11) is -4.35. The van der Waals surface area contributed by atoms with Gasteiger partial charge in [0.15, 0.2) is 11.6 Å². The van der Waals surface area contributed by atoms with Crippen molar-refractivity contribution in [2.75, 3.05) is 73.4 Å². The van der Waals surface area contributed by atoms with Crippen LogP contribution in [0, 0.1) is 17.6 Å². The first-order chi connectivity index (χ1) is 30.0. The Kier molecular flexibility index (Phi) is 11.7.